The molecular weight excluding hydrogens is 323 g/mol. The minimum Gasteiger partial charge on any atom is -0.356 e. The first-order chi connectivity index (χ1) is 9.40. The Labute approximate surface area is 148 Å². The summed E-state index contributed by atoms with van der Waals surface area (Å²) < 4.78 is 0. The van der Waals surface area contributed by atoms with E-state index in [2.05, 4.69) is 29.2 Å². The third-order valence-electron chi connectivity index (χ3n) is 4.34. The van der Waals surface area contributed by atoms with Crippen molar-refractivity contribution in [1.82, 2.24) is 15.1 Å². The molecule has 1 aliphatic rings. The number of hydrogen-bond acceptors (Lipinski definition) is 4. The average Bonchev–Trinajstić information content (AvgIpc) is 2.42. The molecule has 0 radical (unpaired) electrons. The molecule has 0 aromatic rings. The number of rotatable bonds is 7. The van der Waals surface area contributed by atoms with E-state index in [1.807, 2.05) is 13.8 Å². The maximum Gasteiger partial charge on any atom is 0.224 e. The van der Waals surface area contributed by atoms with E-state index in [1.54, 1.807) is 0 Å². The summed E-state index contributed by atoms with van der Waals surface area (Å²) in [7, 11) is 4.23. The van der Waals surface area contributed by atoms with Gasteiger partial charge in [0.2, 0.25) is 5.91 Å². The van der Waals surface area contributed by atoms with Crippen molar-refractivity contribution in [3.8, 4) is 0 Å². The summed E-state index contributed by atoms with van der Waals surface area (Å²) in [5.74, 6) is 0.611. The van der Waals surface area contributed by atoms with E-state index in [1.165, 1.54) is 12.8 Å². The largest absolute Gasteiger partial charge is 0.356 e. The summed E-state index contributed by atoms with van der Waals surface area (Å²) in [6.07, 6.45) is 2.36. The van der Waals surface area contributed by atoms with Gasteiger partial charge >= 0.3 is 0 Å². The minimum absolute atomic E-state index is 0. The molecule has 1 aliphatic heterocycles. The summed E-state index contributed by atoms with van der Waals surface area (Å²) in [5, 5.41) is 3.05. The summed E-state index contributed by atoms with van der Waals surface area (Å²) in [6.45, 7) is 9.14. The lowest BCUT2D eigenvalue weighted by Crippen LogP contribution is -2.43. The fourth-order valence-corrected chi connectivity index (χ4v) is 2.40. The van der Waals surface area contributed by atoms with Gasteiger partial charge in [0.15, 0.2) is 0 Å². The molecule has 0 aromatic carbocycles. The predicted molar refractivity (Wildman–Crippen MR) is 98.0 cm³/mol. The number of nitrogens with one attached hydrogen (secondary N) is 1. The maximum atomic E-state index is 11.9. The Kier molecular flexibility index (Phi) is 13.6. The number of likely N-dealkylation sites (tertiary alicyclic amines) is 1. The number of hydrogen-bond donors (Lipinski definition) is 2. The highest BCUT2D eigenvalue weighted by molar-refractivity contribution is 5.85. The van der Waals surface area contributed by atoms with Gasteiger partial charge in [0.1, 0.15) is 0 Å². The van der Waals surface area contributed by atoms with Crippen molar-refractivity contribution in [2.24, 2.45) is 17.6 Å². The molecule has 1 saturated heterocycles. The molecule has 2 unspecified atom stereocenters. The van der Waals surface area contributed by atoms with Gasteiger partial charge in [-0.3, -0.25) is 4.79 Å². The molecule has 1 fully saturated rings. The molecule has 1 rings (SSSR count). The van der Waals surface area contributed by atoms with Crippen molar-refractivity contribution in [3.63, 3.8) is 0 Å². The SMILES string of the molecule is CC(N)C(C)C(=O)NCC1CCN(CCN(C)C)CC1.Cl.Cl. The second kappa shape index (κ2) is 12.4. The van der Waals surface area contributed by atoms with Crippen LogP contribution in [0, 0.1) is 11.8 Å². The zero-order valence-corrected chi connectivity index (χ0v) is 16.0. The first kappa shape index (κ1) is 24.2. The number of halogens is 2. The number of nitrogens with two attached hydrogens (primary N) is 1. The van der Waals surface area contributed by atoms with E-state index in [0.29, 0.717) is 5.92 Å². The minimum atomic E-state index is -0.102. The Morgan fingerprint density at radius 2 is 1.82 bits per heavy atom. The van der Waals surface area contributed by atoms with Crippen molar-refractivity contribution in [2.45, 2.75) is 32.7 Å². The number of nitrogens with zero attached hydrogens (tertiary/aromatic N) is 2. The highest BCUT2D eigenvalue weighted by Crippen LogP contribution is 2.16. The van der Waals surface area contributed by atoms with E-state index in [0.717, 1.165) is 32.7 Å². The van der Waals surface area contributed by atoms with Crippen LogP contribution in [0.25, 0.3) is 0 Å². The number of likely N-dealkylation sites (N-methyl/N-ethyl adjacent to an activating group) is 1. The molecule has 7 heteroatoms. The lowest BCUT2D eigenvalue weighted by molar-refractivity contribution is -0.125. The fourth-order valence-electron chi connectivity index (χ4n) is 2.40. The summed E-state index contributed by atoms with van der Waals surface area (Å²) in [5.41, 5.74) is 5.75. The zero-order chi connectivity index (χ0) is 15.1. The lowest BCUT2D eigenvalue weighted by Gasteiger charge is -2.32. The van der Waals surface area contributed by atoms with Crippen LogP contribution in [-0.4, -0.2) is 68.6 Å². The Bertz CT molecular complexity index is 295. The highest BCUT2D eigenvalue weighted by atomic mass is 35.5. The van der Waals surface area contributed by atoms with Crippen LogP contribution >= 0.6 is 24.8 Å². The van der Waals surface area contributed by atoms with Gasteiger partial charge in [0.25, 0.3) is 0 Å². The monoisotopic (exact) mass is 356 g/mol. The Morgan fingerprint density at radius 1 is 1.27 bits per heavy atom. The van der Waals surface area contributed by atoms with Gasteiger partial charge in [-0.25, -0.2) is 0 Å². The molecule has 134 valence electrons. The second-order valence-electron chi connectivity index (χ2n) is 6.48. The van der Waals surface area contributed by atoms with Gasteiger partial charge in [0, 0.05) is 31.6 Å². The fraction of sp³-hybridized carbons (Fsp3) is 0.933. The second-order valence-corrected chi connectivity index (χ2v) is 6.48. The van der Waals surface area contributed by atoms with Crippen LogP contribution in [0.1, 0.15) is 26.7 Å². The molecule has 1 heterocycles. The molecule has 0 aliphatic carbocycles. The standard InChI is InChI=1S/C15H32N4O.2ClH/c1-12(13(2)16)15(20)17-11-14-5-7-19(8-6-14)10-9-18(3)4;;/h12-14H,5-11,16H2,1-4H3,(H,17,20);2*1H. The van der Waals surface area contributed by atoms with E-state index in [9.17, 15) is 4.79 Å². The van der Waals surface area contributed by atoms with E-state index < -0.39 is 0 Å². The smallest absolute Gasteiger partial charge is 0.224 e. The van der Waals surface area contributed by atoms with Gasteiger partial charge in [-0.05, 0) is 52.9 Å². The molecule has 0 bridgehead atoms. The topological polar surface area (TPSA) is 61.6 Å². The third-order valence-corrected chi connectivity index (χ3v) is 4.34. The van der Waals surface area contributed by atoms with Crippen molar-refractivity contribution in [2.75, 3.05) is 46.8 Å². The third kappa shape index (κ3) is 9.16. The first-order valence-electron chi connectivity index (χ1n) is 7.80. The van der Waals surface area contributed by atoms with Crippen LogP contribution in [0.4, 0.5) is 0 Å². The van der Waals surface area contributed by atoms with Crippen LogP contribution < -0.4 is 11.1 Å². The van der Waals surface area contributed by atoms with Crippen LogP contribution in [0.15, 0.2) is 0 Å². The van der Waals surface area contributed by atoms with Crippen molar-refractivity contribution in [3.05, 3.63) is 0 Å². The first-order valence-corrected chi connectivity index (χ1v) is 7.80. The Balaban J connectivity index is 0. The summed E-state index contributed by atoms with van der Waals surface area (Å²) >= 11 is 0. The summed E-state index contributed by atoms with van der Waals surface area (Å²) in [6, 6.07) is -0.0807. The maximum absolute atomic E-state index is 11.9. The van der Waals surface area contributed by atoms with Crippen LogP contribution in [0.2, 0.25) is 0 Å². The van der Waals surface area contributed by atoms with E-state index in [-0.39, 0.29) is 42.7 Å². The highest BCUT2D eigenvalue weighted by Gasteiger charge is 2.21. The molecule has 0 spiro atoms. The predicted octanol–water partition coefficient (Wildman–Crippen LogP) is 1.20. The number of piperidine rings is 1. The van der Waals surface area contributed by atoms with E-state index in [4.69, 9.17) is 5.73 Å². The van der Waals surface area contributed by atoms with E-state index >= 15 is 0 Å². The van der Waals surface area contributed by atoms with Crippen molar-refractivity contribution in [1.29, 1.82) is 0 Å². The Hall–Kier alpha value is -0.0700. The number of amides is 1. The normalized spacial score (nSPS) is 19.0. The van der Waals surface area contributed by atoms with Crippen LogP contribution in [-0.2, 0) is 4.79 Å². The zero-order valence-electron chi connectivity index (χ0n) is 14.4. The van der Waals surface area contributed by atoms with Crippen LogP contribution in [0.3, 0.4) is 0 Å². The quantitative estimate of drug-likeness (QED) is 0.719. The van der Waals surface area contributed by atoms with Gasteiger partial charge in [0.05, 0.1) is 0 Å². The Morgan fingerprint density at radius 3 is 2.27 bits per heavy atom. The van der Waals surface area contributed by atoms with Crippen LogP contribution in [0.5, 0.6) is 0 Å². The molecule has 0 aromatic heterocycles. The molecule has 3 N–H and O–H groups in total. The molecule has 5 nitrogen and oxygen atoms in total. The van der Waals surface area contributed by atoms with Gasteiger partial charge in [-0.15, -0.1) is 24.8 Å². The van der Waals surface area contributed by atoms with Gasteiger partial charge in [-0.2, -0.15) is 0 Å². The molecular formula is C15H34Cl2N4O. The lowest BCUT2D eigenvalue weighted by atomic mass is 9.96. The molecule has 1 amide bonds. The molecule has 0 saturated carbocycles. The van der Waals surface area contributed by atoms with Gasteiger partial charge in [-0.1, -0.05) is 6.92 Å². The molecule has 22 heavy (non-hydrogen) atoms. The van der Waals surface area contributed by atoms with Crippen molar-refractivity contribution < 1.29 is 4.79 Å². The average molecular weight is 357 g/mol. The summed E-state index contributed by atoms with van der Waals surface area (Å²) in [4.78, 5) is 16.6. The van der Waals surface area contributed by atoms with Gasteiger partial charge < -0.3 is 20.9 Å². The van der Waals surface area contributed by atoms with Crippen molar-refractivity contribution >= 4 is 30.7 Å². The number of carbonyl (C=O) groups excluding carboxylic acids is 1. The number of carbonyl (C=O) groups is 1. The molecule has 2 atom stereocenters.